The van der Waals surface area contributed by atoms with Gasteiger partial charge in [-0.1, -0.05) is 17.7 Å². The van der Waals surface area contributed by atoms with Crippen LogP contribution in [0.15, 0.2) is 36.4 Å². The Kier molecular flexibility index (Phi) is 4.68. The van der Waals surface area contributed by atoms with E-state index in [4.69, 9.17) is 0 Å². The number of hydrogen-bond acceptors (Lipinski definition) is 5. The summed E-state index contributed by atoms with van der Waals surface area (Å²) in [6, 6.07) is 8.87. The molecule has 0 aliphatic rings. The molecule has 27 heavy (non-hydrogen) atoms. The minimum atomic E-state index is -0.977. The highest BCUT2D eigenvalue weighted by Gasteiger charge is 2.20. The molecule has 1 heterocycles. The van der Waals surface area contributed by atoms with Gasteiger partial charge < -0.3 is 5.32 Å². The first kappa shape index (κ1) is 18.2. The molecule has 3 aromatic rings. The van der Waals surface area contributed by atoms with Gasteiger partial charge in [0.25, 0.3) is 5.91 Å². The number of nitro benzene ring substituents is 1. The van der Waals surface area contributed by atoms with Crippen LogP contribution in [0.2, 0.25) is 0 Å². The van der Waals surface area contributed by atoms with Crippen LogP contribution in [-0.2, 0) is 0 Å². The maximum Gasteiger partial charge on any atom is 0.306 e. The minimum absolute atomic E-state index is 0.0713. The number of halogens is 1. The first-order valence-corrected chi connectivity index (χ1v) is 8.03. The zero-order valence-corrected chi connectivity index (χ0v) is 14.9. The van der Waals surface area contributed by atoms with E-state index in [0.29, 0.717) is 5.69 Å². The number of hydrogen-bond donors (Lipinski definition) is 1. The molecule has 3 rings (SSSR count). The van der Waals surface area contributed by atoms with Crippen LogP contribution in [0.25, 0.3) is 5.69 Å². The van der Waals surface area contributed by atoms with E-state index >= 15 is 0 Å². The summed E-state index contributed by atoms with van der Waals surface area (Å²) in [7, 11) is 0. The zero-order chi connectivity index (χ0) is 19.7. The van der Waals surface area contributed by atoms with Crippen LogP contribution in [0.5, 0.6) is 0 Å². The maximum absolute atomic E-state index is 13.4. The number of carbonyl (C=O) groups is 1. The molecule has 0 atom stereocenters. The van der Waals surface area contributed by atoms with Gasteiger partial charge in [0.1, 0.15) is 0 Å². The number of nitrogens with one attached hydrogen (secondary N) is 1. The highest BCUT2D eigenvalue weighted by atomic mass is 19.1. The third-order valence-electron chi connectivity index (χ3n) is 3.97. The normalized spacial score (nSPS) is 10.7. The number of aromatic nitrogens is 3. The molecule has 138 valence electrons. The summed E-state index contributed by atoms with van der Waals surface area (Å²) in [6.45, 7) is 5.52. The number of rotatable bonds is 4. The van der Waals surface area contributed by atoms with Crippen LogP contribution >= 0.6 is 0 Å². The van der Waals surface area contributed by atoms with Crippen molar-refractivity contribution in [3.63, 3.8) is 0 Å². The van der Waals surface area contributed by atoms with Crippen LogP contribution in [-0.4, -0.2) is 25.8 Å². The number of carbonyl (C=O) groups excluding carboxylic acids is 1. The number of aryl methyl sites for hydroxylation is 3. The lowest BCUT2D eigenvalue weighted by Crippen LogP contribution is -2.14. The second kappa shape index (κ2) is 6.94. The molecular weight excluding hydrogens is 353 g/mol. The molecule has 2 aromatic carbocycles. The molecule has 0 unspecified atom stereocenters. The van der Waals surface area contributed by atoms with Gasteiger partial charge >= 0.3 is 5.69 Å². The van der Waals surface area contributed by atoms with Crippen molar-refractivity contribution in [2.45, 2.75) is 20.8 Å². The van der Waals surface area contributed by atoms with E-state index < -0.39 is 22.3 Å². The Morgan fingerprint density at radius 3 is 2.56 bits per heavy atom. The highest BCUT2D eigenvalue weighted by Crippen LogP contribution is 2.22. The number of benzene rings is 2. The molecule has 0 spiro atoms. The first-order valence-electron chi connectivity index (χ1n) is 8.03. The predicted octanol–water partition coefficient (Wildman–Crippen LogP) is 3.49. The molecule has 0 aliphatic heterocycles. The van der Waals surface area contributed by atoms with Gasteiger partial charge in [-0.15, -0.1) is 5.10 Å². The second-order valence-electron chi connectivity index (χ2n) is 6.09. The van der Waals surface area contributed by atoms with Crippen molar-refractivity contribution in [2.24, 2.45) is 0 Å². The van der Waals surface area contributed by atoms with Gasteiger partial charge in [-0.25, -0.2) is 0 Å². The Hall–Kier alpha value is -3.62. The van der Waals surface area contributed by atoms with Gasteiger partial charge in [0.05, 0.1) is 16.3 Å². The van der Waals surface area contributed by atoms with Crippen molar-refractivity contribution in [3.05, 3.63) is 74.8 Å². The predicted molar refractivity (Wildman–Crippen MR) is 96.6 cm³/mol. The van der Waals surface area contributed by atoms with Crippen LogP contribution in [0, 0.1) is 36.7 Å². The number of nitrogens with zero attached hydrogens (tertiary/aromatic N) is 4. The van der Waals surface area contributed by atoms with Crippen LogP contribution in [0.3, 0.4) is 0 Å². The fourth-order valence-corrected chi connectivity index (χ4v) is 2.65. The van der Waals surface area contributed by atoms with Gasteiger partial charge in [0.2, 0.25) is 5.82 Å². The van der Waals surface area contributed by atoms with Crippen LogP contribution in [0.4, 0.5) is 15.8 Å². The van der Waals surface area contributed by atoms with Gasteiger partial charge in [-0.05, 0) is 44.5 Å². The molecule has 0 fully saturated rings. The largest absolute Gasteiger partial charge is 0.320 e. The molecule has 0 aliphatic carbocycles. The highest BCUT2D eigenvalue weighted by molar-refractivity contribution is 6.03. The van der Waals surface area contributed by atoms with E-state index in [2.05, 4.69) is 15.5 Å². The van der Waals surface area contributed by atoms with Gasteiger partial charge in [-0.3, -0.25) is 14.9 Å². The number of amides is 1. The SMILES string of the molecule is Cc1ccc(-n2nc(C)c(C(=O)Nc3ccc(F)c([N+](=O)[O-])c3)n2)c(C)c1. The summed E-state index contributed by atoms with van der Waals surface area (Å²) in [6.07, 6.45) is 0. The molecule has 1 N–H and O–H groups in total. The monoisotopic (exact) mass is 369 g/mol. The zero-order valence-electron chi connectivity index (χ0n) is 14.9. The summed E-state index contributed by atoms with van der Waals surface area (Å²) in [4.78, 5) is 23.8. The van der Waals surface area contributed by atoms with Crippen molar-refractivity contribution in [1.29, 1.82) is 0 Å². The van der Waals surface area contributed by atoms with Gasteiger partial charge in [0.15, 0.2) is 5.69 Å². The molecule has 0 radical (unpaired) electrons. The van der Waals surface area contributed by atoms with E-state index in [1.54, 1.807) is 6.92 Å². The molecule has 1 amide bonds. The minimum Gasteiger partial charge on any atom is -0.320 e. The lowest BCUT2D eigenvalue weighted by Gasteiger charge is -2.05. The van der Waals surface area contributed by atoms with Gasteiger partial charge in [-0.2, -0.15) is 14.3 Å². The standard InChI is InChI=1S/C18H16FN5O3/c1-10-4-7-15(11(2)8-10)23-21-12(3)17(22-23)18(25)20-13-5-6-14(19)16(9-13)24(26)27/h4-9H,1-3H3,(H,20,25). The van der Waals surface area contributed by atoms with Crippen LogP contribution < -0.4 is 5.32 Å². The molecule has 0 saturated heterocycles. The van der Waals surface area contributed by atoms with Crippen molar-refractivity contribution in [3.8, 4) is 5.69 Å². The summed E-state index contributed by atoms with van der Waals surface area (Å²) in [5.74, 6) is -1.57. The molecular formula is C18H16FN5O3. The first-order chi connectivity index (χ1) is 12.8. The summed E-state index contributed by atoms with van der Waals surface area (Å²) < 4.78 is 13.4. The van der Waals surface area contributed by atoms with E-state index in [-0.39, 0.29) is 11.4 Å². The van der Waals surface area contributed by atoms with E-state index in [0.717, 1.165) is 28.9 Å². The Bertz CT molecular complexity index is 1060. The van der Waals surface area contributed by atoms with E-state index in [1.165, 1.54) is 10.9 Å². The summed E-state index contributed by atoms with van der Waals surface area (Å²) >= 11 is 0. The molecule has 0 saturated carbocycles. The molecule has 1 aromatic heterocycles. The lowest BCUT2D eigenvalue weighted by atomic mass is 10.1. The Morgan fingerprint density at radius 2 is 1.89 bits per heavy atom. The molecule has 0 bridgehead atoms. The quantitative estimate of drug-likeness (QED) is 0.560. The van der Waals surface area contributed by atoms with Crippen molar-refractivity contribution >= 4 is 17.3 Å². The van der Waals surface area contributed by atoms with E-state index in [9.17, 15) is 19.3 Å². The Morgan fingerprint density at radius 1 is 1.15 bits per heavy atom. The van der Waals surface area contributed by atoms with Crippen molar-refractivity contribution < 1.29 is 14.1 Å². The fraction of sp³-hybridized carbons (Fsp3) is 0.167. The third kappa shape index (κ3) is 3.66. The summed E-state index contributed by atoms with van der Waals surface area (Å²) in [5, 5.41) is 21.8. The third-order valence-corrected chi connectivity index (χ3v) is 3.97. The Labute approximate surface area is 153 Å². The fourth-order valence-electron chi connectivity index (χ4n) is 2.65. The van der Waals surface area contributed by atoms with Gasteiger partial charge in [0, 0.05) is 11.8 Å². The number of nitro groups is 1. The average molecular weight is 369 g/mol. The lowest BCUT2D eigenvalue weighted by molar-refractivity contribution is -0.387. The Balaban J connectivity index is 1.89. The van der Waals surface area contributed by atoms with Crippen LogP contribution in [0.1, 0.15) is 27.3 Å². The molecule has 9 heteroatoms. The van der Waals surface area contributed by atoms with E-state index in [1.807, 2.05) is 32.0 Å². The second-order valence-corrected chi connectivity index (χ2v) is 6.09. The average Bonchev–Trinajstić information content (AvgIpc) is 2.98. The maximum atomic E-state index is 13.4. The number of anilines is 1. The topological polar surface area (TPSA) is 103 Å². The molecule has 8 nitrogen and oxygen atoms in total. The summed E-state index contributed by atoms with van der Waals surface area (Å²) in [5.41, 5.74) is 2.62. The van der Waals surface area contributed by atoms with Crippen molar-refractivity contribution in [2.75, 3.05) is 5.32 Å². The smallest absolute Gasteiger partial charge is 0.306 e. The van der Waals surface area contributed by atoms with Crippen molar-refractivity contribution in [1.82, 2.24) is 15.0 Å².